The van der Waals surface area contributed by atoms with Crippen molar-refractivity contribution >= 4 is 17.9 Å². The molecule has 67 heavy (non-hydrogen) atoms. The van der Waals surface area contributed by atoms with Crippen LogP contribution in [0.2, 0.25) is 0 Å². The van der Waals surface area contributed by atoms with Crippen molar-refractivity contribution in [2.24, 2.45) is 0 Å². The van der Waals surface area contributed by atoms with Gasteiger partial charge in [-0.05, 0) is 96.3 Å². The van der Waals surface area contributed by atoms with Crippen molar-refractivity contribution in [2.75, 3.05) is 0 Å². The van der Waals surface area contributed by atoms with Gasteiger partial charge in [0.1, 0.15) is 0 Å². The van der Waals surface area contributed by atoms with Crippen molar-refractivity contribution in [1.82, 2.24) is 0 Å². The summed E-state index contributed by atoms with van der Waals surface area (Å²) in [6, 6.07) is 0. The summed E-state index contributed by atoms with van der Waals surface area (Å²) in [7, 11) is 0. The maximum atomic E-state index is 10.4. The average Bonchev–Trinajstić information content (AvgIpc) is 3.29. The second-order valence-electron chi connectivity index (χ2n) is 19.3. The first kappa shape index (κ1) is 72.4. The van der Waals surface area contributed by atoms with Crippen molar-refractivity contribution in [1.29, 1.82) is 0 Å². The van der Waals surface area contributed by atoms with Gasteiger partial charge in [-0.15, -0.1) is 0 Å². The standard InChI is InChI=1S/3C20H38O2.Er/c3*1-2-3-4-5-6-7-8-9-10-11-12-13-14-15-16-17-18-19-20(21)22;/h3*11-12H,2-10,13-19H2,1H3,(H,21,22);/b3*12-11-;. The van der Waals surface area contributed by atoms with Gasteiger partial charge in [-0.3, -0.25) is 14.4 Å². The van der Waals surface area contributed by atoms with Gasteiger partial charge in [0.15, 0.2) is 0 Å². The number of allylic oxidation sites excluding steroid dienone is 6. The van der Waals surface area contributed by atoms with Gasteiger partial charge in [-0.2, -0.15) is 0 Å². The largest absolute Gasteiger partial charge is 0.481 e. The Morgan fingerprint density at radius 2 is 0.373 bits per heavy atom. The molecule has 0 aromatic heterocycles. The van der Waals surface area contributed by atoms with E-state index < -0.39 is 17.9 Å². The van der Waals surface area contributed by atoms with E-state index in [9.17, 15) is 14.4 Å². The third-order valence-corrected chi connectivity index (χ3v) is 12.5. The van der Waals surface area contributed by atoms with E-state index in [0.717, 1.165) is 38.5 Å². The average molecular weight is 1100 g/mol. The van der Waals surface area contributed by atoms with E-state index in [4.69, 9.17) is 15.3 Å². The van der Waals surface area contributed by atoms with E-state index in [2.05, 4.69) is 57.2 Å². The Hall–Kier alpha value is -1.12. The molecule has 0 saturated heterocycles. The fourth-order valence-corrected chi connectivity index (χ4v) is 8.10. The summed E-state index contributed by atoms with van der Waals surface area (Å²) in [5.74, 6) is -1.99. The van der Waals surface area contributed by atoms with Crippen molar-refractivity contribution in [3.05, 3.63) is 36.5 Å². The minimum atomic E-state index is -0.663. The van der Waals surface area contributed by atoms with Crippen molar-refractivity contribution in [3.63, 3.8) is 0 Å². The van der Waals surface area contributed by atoms with Gasteiger partial charge in [-0.25, -0.2) is 0 Å². The third-order valence-electron chi connectivity index (χ3n) is 12.5. The quantitative estimate of drug-likeness (QED) is 0.0413. The molecule has 0 aromatic carbocycles. The van der Waals surface area contributed by atoms with Crippen LogP contribution in [0.25, 0.3) is 0 Å². The maximum absolute atomic E-state index is 10.4. The predicted octanol–water partition coefficient (Wildman–Crippen LogP) is 20.7. The summed E-state index contributed by atoms with van der Waals surface area (Å²) in [6.07, 6.45) is 72.5. The Morgan fingerprint density at radius 1 is 0.239 bits per heavy atom. The van der Waals surface area contributed by atoms with E-state index in [1.54, 1.807) is 0 Å². The molecule has 0 aliphatic rings. The van der Waals surface area contributed by atoms with Gasteiger partial charge in [-0.1, -0.05) is 250 Å². The Bertz CT molecular complexity index is 911. The minimum absolute atomic E-state index is 0. The normalized spacial score (nSPS) is 11.1. The van der Waals surface area contributed by atoms with Crippen LogP contribution >= 0.6 is 0 Å². The second kappa shape index (κ2) is 69.1. The van der Waals surface area contributed by atoms with E-state index in [0.29, 0.717) is 19.3 Å². The van der Waals surface area contributed by atoms with Crippen molar-refractivity contribution in [2.45, 2.75) is 329 Å². The number of carbonyl (C=O) groups is 3. The molecule has 6 nitrogen and oxygen atoms in total. The van der Waals surface area contributed by atoms with Crippen LogP contribution in [0.15, 0.2) is 36.5 Å². The van der Waals surface area contributed by atoms with E-state index in [-0.39, 0.29) is 37.3 Å². The molecular formula is C60H114ErO6. The first-order valence-electron chi connectivity index (χ1n) is 28.9. The fourth-order valence-electron chi connectivity index (χ4n) is 8.10. The molecule has 0 atom stereocenters. The number of aliphatic carboxylic acids is 3. The second-order valence-corrected chi connectivity index (χ2v) is 19.3. The van der Waals surface area contributed by atoms with Crippen LogP contribution in [-0.2, 0) is 14.4 Å². The Kier molecular flexibility index (Phi) is 74.7. The van der Waals surface area contributed by atoms with Crippen LogP contribution in [0.5, 0.6) is 0 Å². The van der Waals surface area contributed by atoms with Gasteiger partial charge < -0.3 is 15.3 Å². The predicted molar refractivity (Wildman–Crippen MR) is 289 cm³/mol. The molecule has 0 aliphatic heterocycles. The van der Waals surface area contributed by atoms with Crippen LogP contribution in [0.4, 0.5) is 0 Å². The number of hydrogen-bond acceptors (Lipinski definition) is 3. The molecule has 0 unspecified atom stereocenters. The minimum Gasteiger partial charge on any atom is -0.481 e. The Balaban J connectivity index is -0.000000441. The topological polar surface area (TPSA) is 112 Å². The Labute approximate surface area is 447 Å². The molecule has 0 aromatic rings. The van der Waals surface area contributed by atoms with E-state index in [1.165, 1.54) is 250 Å². The summed E-state index contributed by atoms with van der Waals surface area (Å²) in [5, 5.41) is 25.6. The van der Waals surface area contributed by atoms with Gasteiger partial charge in [0, 0.05) is 56.6 Å². The number of rotatable bonds is 51. The van der Waals surface area contributed by atoms with Crippen LogP contribution in [0.3, 0.4) is 0 Å². The van der Waals surface area contributed by atoms with Gasteiger partial charge in [0.25, 0.3) is 0 Å². The van der Waals surface area contributed by atoms with Gasteiger partial charge >= 0.3 is 17.9 Å². The van der Waals surface area contributed by atoms with Gasteiger partial charge in [0.05, 0.1) is 0 Å². The number of hydrogen-bond donors (Lipinski definition) is 3. The zero-order valence-corrected chi connectivity index (χ0v) is 46.6. The molecule has 0 amide bonds. The van der Waals surface area contributed by atoms with Gasteiger partial charge in [0.2, 0.25) is 0 Å². The Morgan fingerprint density at radius 3 is 0.522 bits per heavy atom. The molecule has 0 bridgehead atoms. The van der Waals surface area contributed by atoms with Crippen LogP contribution < -0.4 is 0 Å². The monoisotopic (exact) mass is 1100 g/mol. The van der Waals surface area contributed by atoms with Crippen molar-refractivity contribution < 1.29 is 67.0 Å². The van der Waals surface area contributed by atoms with Crippen LogP contribution in [0, 0.1) is 37.3 Å². The molecule has 0 fully saturated rings. The summed E-state index contributed by atoms with van der Waals surface area (Å²) >= 11 is 0. The zero-order valence-electron chi connectivity index (χ0n) is 44.8. The smallest absolute Gasteiger partial charge is 0.303 e. The summed E-state index contributed by atoms with van der Waals surface area (Å²) in [4.78, 5) is 31.1. The van der Waals surface area contributed by atoms with Crippen LogP contribution in [-0.4, -0.2) is 33.2 Å². The maximum Gasteiger partial charge on any atom is 0.303 e. The number of unbranched alkanes of at least 4 members (excludes halogenated alkanes) is 39. The van der Waals surface area contributed by atoms with E-state index in [1.807, 2.05) is 0 Å². The van der Waals surface area contributed by atoms with E-state index >= 15 is 0 Å². The van der Waals surface area contributed by atoms with Crippen molar-refractivity contribution in [3.8, 4) is 0 Å². The zero-order chi connectivity index (χ0) is 48.9. The molecule has 3 N–H and O–H groups in total. The first-order chi connectivity index (χ1) is 32.3. The molecule has 0 spiro atoms. The molecule has 402 valence electrons. The molecule has 0 rings (SSSR count). The number of carboxylic acid groups (broad SMARTS) is 3. The molecule has 0 radical (unpaired) electrons. The molecular weight excluding hydrogens is 984 g/mol. The van der Waals surface area contributed by atoms with Crippen LogP contribution in [0.1, 0.15) is 329 Å². The fraction of sp³-hybridized carbons (Fsp3) is 0.850. The third kappa shape index (κ3) is 82.1. The molecule has 0 aliphatic carbocycles. The summed E-state index contributed by atoms with van der Waals surface area (Å²) in [6.45, 7) is 6.81. The molecule has 0 heterocycles. The molecule has 7 heteroatoms. The molecule has 0 saturated carbocycles. The SMILES string of the molecule is CCCCCCCCCC/C=C\CCCCCCCC(=O)O.CCCCCCCCCC/C=C\CCCCCCCC(=O)O.CCCCCCCCCC/C=C\CCCCCCCC(=O)O.[Er]. The first-order valence-corrected chi connectivity index (χ1v) is 28.9. The summed E-state index contributed by atoms with van der Waals surface area (Å²) < 4.78 is 0. The number of carboxylic acids is 3. The summed E-state index contributed by atoms with van der Waals surface area (Å²) in [5.41, 5.74) is 0.